The van der Waals surface area contributed by atoms with E-state index in [1.54, 1.807) is 36.4 Å². The molecule has 5 heteroatoms. The first kappa shape index (κ1) is 13.7. The first-order valence-electron chi connectivity index (χ1n) is 5.71. The number of ether oxygens (including phenoxy) is 2. The molecular formula is C14H13BrFNO2. The Balaban J connectivity index is 1.79. The Labute approximate surface area is 119 Å². The molecule has 0 aliphatic heterocycles. The van der Waals surface area contributed by atoms with E-state index in [1.165, 1.54) is 6.07 Å². The molecule has 2 aromatic carbocycles. The van der Waals surface area contributed by atoms with Gasteiger partial charge in [-0.1, -0.05) is 15.9 Å². The molecular weight excluding hydrogens is 313 g/mol. The highest BCUT2D eigenvalue weighted by Gasteiger charge is 2.03. The molecule has 0 saturated carbocycles. The van der Waals surface area contributed by atoms with E-state index in [0.29, 0.717) is 22.5 Å². The van der Waals surface area contributed by atoms with Crippen molar-refractivity contribution >= 4 is 21.6 Å². The Hall–Kier alpha value is -1.75. The maximum absolute atomic E-state index is 13.4. The van der Waals surface area contributed by atoms with Gasteiger partial charge in [-0.25, -0.2) is 4.39 Å². The third-order valence-electron chi connectivity index (χ3n) is 2.38. The van der Waals surface area contributed by atoms with Gasteiger partial charge in [0.25, 0.3) is 0 Å². The summed E-state index contributed by atoms with van der Waals surface area (Å²) < 4.78 is 24.8. The lowest BCUT2D eigenvalue weighted by Gasteiger charge is -2.09. The van der Waals surface area contributed by atoms with Crippen LogP contribution in [0.15, 0.2) is 46.9 Å². The number of rotatable bonds is 5. The summed E-state index contributed by atoms with van der Waals surface area (Å²) in [6, 6.07) is 11.7. The van der Waals surface area contributed by atoms with E-state index >= 15 is 0 Å². The van der Waals surface area contributed by atoms with Gasteiger partial charge in [0.2, 0.25) is 0 Å². The topological polar surface area (TPSA) is 44.5 Å². The first-order valence-corrected chi connectivity index (χ1v) is 6.50. The standard InChI is InChI=1S/C14H13BrFNO2/c15-10-1-6-14(13(16)9-10)19-8-7-18-12-4-2-11(17)3-5-12/h1-6,9H,7-8,17H2. The highest BCUT2D eigenvalue weighted by molar-refractivity contribution is 9.10. The van der Waals surface area contributed by atoms with Crippen LogP contribution in [0, 0.1) is 5.82 Å². The number of nitrogens with two attached hydrogens (primary N) is 1. The quantitative estimate of drug-likeness (QED) is 0.674. The average molecular weight is 326 g/mol. The highest BCUT2D eigenvalue weighted by Crippen LogP contribution is 2.21. The fraction of sp³-hybridized carbons (Fsp3) is 0.143. The van der Waals surface area contributed by atoms with Crippen molar-refractivity contribution in [3.63, 3.8) is 0 Å². The van der Waals surface area contributed by atoms with Gasteiger partial charge in [-0.3, -0.25) is 0 Å². The second-order valence-corrected chi connectivity index (χ2v) is 4.76. The van der Waals surface area contributed by atoms with Crippen molar-refractivity contribution in [1.29, 1.82) is 0 Å². The van der Waals surface area contributed by atoms with Crippen LogP contribution in [0.25, 0.3) is 0 Å². The van der Waals surface area contributed by atoms with Gasteiger partial charge in [0.1, 0.15) is 19.0 Å². The lowest BCUT2D eigenvalue weighted by Crippen LogP contribution is -2.09. The van der Waals surface area contributed by atoms with E-state index in [-0.39, 0.29) is 12.4 Å². The normalized spacial score (nSPS) is 10.2. The maximum Gasteiger partial charge on any atom is 0.166 e. The summed E-state index contributed by atoms with van der Waals surface area (Å²) in [6.45, 7) is 0.600. The van der Waals surface area contributed by atoms with Gasteiger partial charge >= 0.3 is 0 Å². The van der Waals surface area contributed by atoms with Crippen LogP contribution >= 0.6 is 15.9 Å². The van der Waals surface area contributed by atoms with Crippen LogP contribution in [0.5, 0.6) is 11.5 Å². The van der Waals surface area contributed by atoms with E-state index in [1.807, 2.05) is 0 Å². The van der Waals surface area contributed by atoms with Gasteiger partial charge in [-0.15, -0.1) is 0 Å². The number of nitrogen functional groups attached to an aromatic ring is 1. The lowest BCUT2D eigenvalue weighted by atomic mass is 10.3. The molecule has 0 fully saturated rings. The third-order valence-corrected chi connectivity index (χ3v) is 2.88. The van der Waals surface area contributed by atoms with Crippen molar-refractivity contribution in [3.8, 4) is 11.5 Å². The number of halogens is 2. The van der Waals surface area contributed by atoms with Crippen LogP contribution in [-0.2, 0) is 0 Å². The molecule has 2 N–H and O–H groups in total. The molecule has 0 bridgehead atoms. The number of hydrogen-bond acceptors (Lipinski definition) is 3. The summed E-state index contributed by atoms with van der Waals surface area (Å²) in [5.41, 5.74) is 6.24. The SMILES string of the molecule is Nc1ccc(OCCOc2ccc(Br)cc2F)cc1. The molecule has 0 unspecified atom stereocenters. The molecule has 0 spiro atoms. The highest BCUT2D eigenvalue weighted by atomic mass is 79.9. The summed E-state index contributed by atoms with van der Waals surface area (Å²) in [6.07, 6.45) is 0. The largest absolute Gasteiger partial charge is 0.490 e. The zero-order chi connectivity index (χ0) is 13.7. The van der Waals surface area contributed by atoms with E-state index in [0.717, 1.165) is 0 Å². The van der Waals surface area contributed by atoms with E-state index in [4.69, 9.17) is 15.2 Å². The minimum atomic E-state index is -0.401. The summed E-state index contributed by atoms with van der Waals surface area (Å²) in [7, 11) is 0. The Morgan fingerprint density at radius 3 is 2.37 bits per heavy atom. The number of anilines is 1. The van der Waals surface area contributed by atoms with Crippen molar-refractivity contribution in [3.05, 3.63) is 52.8 Å². The van der Waals surface area contributed by atoms with Crippen molar-refractivity contribution in [2.45, 2.75) is 0 Å². The molecule has 0 amide bonds. The summed E-state index contributed by atoms with van der Waals surface area (Å²) in [5.74, 6) is 0.514. The Kier molecular flexibility index (Phi) is 4.63. The molecule has 0 aliphatic carbocycles. The number of benzene rings is 2. The van der Waals surface area contributed by atoms with Crippen molar-refractivity contribution in [1.82, 2.24) is 0 Å². The van der Waals surface area contributed by atoms with Gasteiger partial charge in [0.05, 0.1) is 0 Å². The fourth-order valence-electron chi connectivity index (χ4n) is 1.47. The third kappa shape index (κ3) is 4.13. The molecule has 0 saturated heterocycles. The first-order chi connectivity index (χ1) is 9.15. The fourth-order valence-corrected chi connectivity index (χ4v) is 1.80. The summed E-state index contributed by atoms with van der Waals surface area (Å²) in [5, 5.41) is 0. The second kappa shape index (κ2) is 6.43. The zero-order valence-corrected chi connectivity index (χ0v) is 11.7. The van der Waals surface area contributed by atoms with Gasteiger partial charge in [0, 0.05) is 10.2 Å². The molecule has 2 rings (SSSR count). The van der Waals surface area contributed by atoms with Gasteiger partial charge in [0.15, 0.2) is 11.6 Å². The molecule has 0 aliphatic rings. The predicted molar refractivity (Wildman–Crippen MR) is 75.9 cm³/mol. The smallest absolute Gasteiger partial charge is 0.166 e. The zero-order valence-electron chi connectivity index (χ0n) is 10.1. The molecule has 0 atom stereocenters. The molecule has 0 heterocycles. The molecule has 0 radical (unpaired) electrons. The van der Waals surface area contributed by atoms with Crippen LogP contribution in [-0.4, -0.2) is 13.2 Å². The van der Waals surface area contributed by atoms with Crippen LogP contribution in [0.3, 0.4) is 0 Å². The Morgan fingerprint density at radius 2 is 1.68 bits per heavy atom. The van der Waals surface area contributed by atoms with E-state index in [2.05, 4.69) is 15.9 Å². The monoisotopic (exact) mass is 325 g/mol. The lowest BCUT2D eigenvalue weighted by molar-refractivity contribution is 0.211. The van der Waals surface area contributed by atoms with E-state index < -0.39 is 5.82 Å². The summed E-state index contributed by atoms with van der Waals surface area (Å²) in [4.78, 5) is 0. The second-order valence-electron chi connectivity index (χ2n) is 3.84. The maximum atomic E-state index is 13.4. The molecule has 19 heavy (non-hydrogen) atoms. The molecule has 2 aromatic rings. The van der Waals surface area contributed by atoms with Crippen LogP contribution in [0.2, 0.25) is 0 Å². The van der Waals surface area contributed by atoms with Crippen molar-refractivity contribution in [2.24, 2.45) is 0 Å². The Bertz CT molecular complexity index is 546. The van der Waals surface area contributed by atoms with Crippen molar-refractivity contribution in [2.75, 3.05) is 18.9 Å². The van der Waals surface area contributed by atoms with E-state index in [9.17, 15) is 4.39 Å². The van der Waals surface area contributed by atoms with Gasteiger partial charge < -0.3 is 15.2 Å². The molecule has 0 aromatic heterocycles. The Morgan fingerprint density at radius 1 is 1.00 bits per heavy atom. The van der Waals surface area contributed by atoms with Crippen LogP contribution in [0.4, 0.5) is 10.1 Å². The minimum absolute atomic E-state index is 0.212. The predicted octanol–water partition coefficient (Wildman–Crippen LogP) is 3.63. The minimum Gasteiger partial charge on any atom is -0.490 e. The van der Waals surface area contributed by atoms with Gasteiger partial charge in [-0.2, -0.15) is 0 Å². The van der Waals surface area contributed by atoms with Crippen LogP contribution in [0.1, 0.15) is 0 Å². The van der Waals surface area contributed by atoms with Gasteiger partial charge in [-0.05, 0) is 42.5 Å². The number of hydrogen-bond donors (Lipinski definition) is 1. The van der Waals surface area contributed by atoms with Crippen molar-refractivity contribution < 1.29 is 13.9 Å². The molecule has 100 valence electrons. The molecule has 3 nitrogen and oxygen atoms in total. The van der Waals surface area contributed by atoms with Crippen LogP contribution < -0.4 is 15.2 Å². The average Bonchev–Trinajstić information content (AvgIpc) is 2.39. The summed E-state index contributed by atoms with van der Waals surface area (Å²) >= 11 is 3.18.